The van der Waals surface area contributed by atoms with Crippen molar-refractivity contribution in [2.24, 2.45) is 16.7 Å². The van der Waals surface area contributed by atoms with Crippen LogP contribution >= 0.6 is 0 Å². The van der Waals surface area contributed by atoms with Crippen LogP contribution in [0.4, 0.5) is 0 Å². The molecule has 0 bridgehead atoms. The number of aliphatic hydroxyl groups excluding tert-OH is 2. The number of ketones is 1. The molecule has 3 fully saturated rings. The molecule has 3 rings (SSSR count). The van der Waals surface area contributed by atoms with E-state index in [-0.39, 0.29) is 6.42 Å². The average Bonchev–Trinajstić information content (AvgIpc) is 2.58. The van der Waals surface area contributed by atoms with Crippen molar-refractivity contribution in [3.05, 3.63) is 0 Å². The third kappa shape index (κ3) is 2.70. The molecule has 3 aliphatic rings. The molecular weight excluding hydrogens is 364 g/mol. The highest BCUT2D eigenvalue weighted by atomic mass is 16.6. The third-order valence-electron chi connectivity index (χ3n) is 7.87. The number of fused-ring (bicyclic) bond motifs is 3. The second-order valence-corrected chi connectivity index (χ2v) is 10.1. The van der Waals surface area contributed by atoms with Gasteiger partial charge < -0.3 is 24.8 Å². The lowest BCUT2D eigenvalue weighted by Gasteiger charge is -2.68. The van der Waals surface area contributed by atoms with Crippen molar-refractivity contribution in [2.45, 2.75) is 103 Å². The molecule has 8 atom stereocenters. The van der Waals surface area contributed by atoms with Crippen LogP contribution in [0.2, 0.25) is 0 Å². The van der Waals surface area contributed by atoms with E-state index in [2.05, 4.69) is 0 Å². The summed E-state index contributed by atoms with van der Waals surface area (Å²) >= 11 is 0. The molecule has 160 valence electrons. The molecular formula is C21H34O7. The van der Waals surface area contributed by atoms with Crippen molar-refractivity contribution in [3.8, 4) is 0 Å². The second-order valence-electron chi connectivity index (χ2n) is 10.1. The van der Waals surface area contributed by atoms with Crippen molar-refractivity contribution in [1.82, 2.24) is 0 Å². The summed E-state index contributed by atoms with van der Waals surface area (Å²) in [6, 6.07) is 0. The van der Waals surface area contributed by atoms with Crippen molar-refractivity contribution >= 4 is 11.8 Å². The number of aliphatic hydroxyl groups is 3. The minimum Gasteiger partial charge on any atom is -0.457 e. The quantitative estimate of drug-likeness (QED) is 0.602. The molecule has 7 nitrogen and oxygen atoms in total. The van der Waals surface area contributed by atoms with E-state index in [9.17, 15) is 24.9 Å². The SMILES string of the molecule is CC[C@@]1(C)CC(=O)[C@@]2(O)[C@H](O1)C(OC(C)=O)C(O)[C@H]1C(C)(C)CC[C@H](O)C12C. The number of hydrogen-bond acceptors (Lipinski definition) is 7. The molecule has 1 saturated heterocycles. The van der Waals surface area contributed by atoms with Crippen LogP contribution < -0.4 is 0 Å². The molecule has 3 N–H and O–H groups in total. The number of hydrogen-bond donors (Lipinski definition) is 3. The molecule has 0 spiro atoms. The van der Waals surface area contributed by atoms with E-state index in [1.807, 2.05) is 20.8 Å². The second kappa shape index (κ2) is 6.49. The normalized spacial score (nSPS) is 50.5. The lowest BCUT2D eigenvalue weighted by atomic mass is 9.42. The molecule has 0 amide bonds. The van der Waals surface area contributed by atoms with Gasteiger partial charge in [-0.3, -0.25) is 9.59 Å². The van der Waals surface area contributed by atoms with Crippen molar-refractivity contribution in [1.29, 1.82) is 0 Å². The lowest BCUT2D eigenvalue weighted by molar-refractivity contribution is -0.340. The molecule has 7 heteroatoms. The number of carbonyl (C=O) groups is 2. The Hall–Kier alpha value is -1.02. The summed E-state index contributed by atoms with van der Waals surface area (Å²) in [7, 11) is 0. The van der Waals surface area contributed by atoms with E-state index in [0.29, 0.717) is 19.3 Å². The maximum absolute atomic E-state index is 13.4. The summed E-state index contributed by atoms with van der Waals surface area (Å²) in [5.41, 5.74) is -4.73. The van der Waals surface area contributed by atoms with Crippen LogP contribution in [0.25, 0.3) is 0 Å². The number of Topliss-reactive ketones (excluding diaryl/α,β-unsaturated/α-hetero) is 1. The van der Waals surface area contributed by atoms with Crippen LogP contribution in [0.15, 0.2) is 0 Å². The van der Waals surface area contributed by atoms with E-state index >= 15 is 0 Å². The summed E-state index contributed by atoms with van der Waals surface area (Å²) < 4.78 is 11.6. The zero-order chi connectivity index (χ0) is 21.3. The van der Waals surface area contributed by atoms with Crippen molar-refractivity contribution in [3.63, 3.8) is 0 Å². The molecule has 0 aromatic rings. The van der Waals surface area contributed by atoms with Gasteiger partial charge in [0, 0.05) is 24.7 Å². The van der Waals surface area contributed by atoms with E-state index in [4.69, 9.17) is 9.47 Å². The minimum atomic E-state index is -2.07. The highest BCUT2D eigenvalue weighted by molar-refractivity contribution is 5.91. The van der Waals surface area contributed by atoms with Gasteiger partial charge >= 0.3 is 5.97 Å². The third-order valence-corrected chi connectivity index (χ3v) is 7.87. The van der Waals surface area contributed by atoms with Crippen molar-refractivity contribution < 1.29 is 34.4 Å². The number of carbonyl (C=O) groups excluding carboxylic acids is 2. The lowest BCUT2D eigenvalue weighted by Crippen LogP contribution is -2.82. The first-order valence-electron chi connectivity index (χ1n) is 10.2. The Labute approximate surface area is 166 Å². The number of ether oxygens (including phenoxy) is 2. The Morgan fingerprint density at radius 2 is 1.86 bits per heavy atom. The van der Waals surface area contributed by atoms with Crippen LogP contribution in [0.5, 0.6) is 0 Å². The standard InChI is InChI=1S/C21H34O7/c1-7-19(5)10-13(24)21(26)17(28-19)15(27-11(2)22)14(25)16-18(3,4)9-8-12(23)20(16,21)6/h12,14-17,23,25-26H,7-10H2,1-6H3/t12-,14?,15?,16-,17+,19-,20?,21+/m0/s1. The largest absolute Gasteiger partial charge is 0.457 e. The van der Waals surface area contributed by atoms with Crippen LogP contribution in [0.3, 0.4) is 0 Å². The van der Waals surface area contributed by atoms with Crippen LogP contribution in [-0.4, -0.2) is 62.7 Å². The number of esters is 1. The van der Waals surface area contributed by atoms with Gasteiger partial charge in [0.15, 0.2) is 17.5 Å². The van der Waals surface area contributed by atoms with Gasteiger partial charge in [-0.1, -0.05) is 27.7 Å². The monoisotopic (exact) mass is 398 g/mol. The van der Waals surface area contributed by atoms with E-state index < -0.39 is 64.1 Å². The van der Waals surface area contributed by atoms with Gasteiger partial charge in [0.1, 0.15) is 6.10 Å². The van der Waals surface area contributed by atoms with Gasteiger partial charge in [-0.25, -0.2) is 0 Å². The molecule has 2 aliphatic carbocycles. The topological polar surface area (TPSA) is 113 Å². The molecule has 0 radical (unpaired) electrons. The molecule has 1 heterocycles. The summed E-state index contributed by atoms with van der Waals surface area (Å²) in [5, 5.41) is 34.2. The summed E-state index contributed by atoms with van der Waals surface area (Å²) in [6.07, 6.45) is -3.10. The highest BCUT2D eigenvalue weighted by Crippen LogP contribution is 2.64. The predicted octanol–water partition coefficient (Wildman–Crippen LogP) is 1.35. The smallest absolute Gasteiger partial charge is 0.303 e. The van der Waals surface area contributed by atoms with Crippen LogP contribution in [0, 0.1) is 16.7 Å². The fourth-order valence-electron chi connectivity index (χ4n) is 6.17. The zero-order valence-corrected chi connectivity index (χ0v) is 17.7. The van der Waals surface area contributed by atoms with Crippen LogP contribution in [0.1, 0.15) is 67.2 Å². The van der Waals surface area contributed by atoms with Gasteiger partial charge in [0.05, 0.1) is 17.8 Å². The highest BCUT2D eigenvalue weighted by Gasteiger charge is 2.76. The van der Waals surface area contributed by atoms with Gasteiger partial charge in [-0.05, 0) is 31.6 Å². The zero-order valence-electron chi connectivity index (χ0n) is 17.7. The molecule has 3 unspecified atom stereocenters. The molecule has 0 aromatic carbocycles. The first kappa shape index (κ1) is 21.7. The Morgan fingerprint density at radius 3 is 2.39 bits per heavy atom. The Kier molecular flexibility index (Phi) is 5.03. The summed E-state index contributed by atoms with van der Waals surface area (Å²) in [6.45, 7) is 10.4. The van der Waals surface area contributed by atoms with Crippen LogP contribution in [-0.2, 0) is 19.1 Å². The average molecular weight is 398 g/mol. The predicted molar refractivity (Wildman–Crippen MR) is 100 cm³/mol. The summed E-state index contributed by atoms with van der Waals surface area (Å²) in [5.74, 6) is -1.71. The molecule has 0 aromatic heterocycles. The van der Waals surface area contributed by atoms with Gasteiger partial charge in [-0.15, -0.1) is 0 Å². The van der Waals surface area contributed by atoms with Gasteiger partial charge in [-0.2, -0.15) is 0 Å². The van der Waals surface area contributed by atoms with Gasteiger partial charge in [0.25, 0.3) is 0 Å². The minimum absolute atomic E-state index is 0.00511. The van der Waals surface area contributed by atoms with Crippen molar-refractivity contribution in [2.75, 3.05) is 0 Å². The van der Waals surface area contributed by atoms with E-state index in [1.54, 1.807) is 13.8 Å². The maximum atomic E-state index is 13.4. The molecule has 28 heavy (non-hydrogen) atoms. The fourth-order valence-corrected chi connectivity index (χ4v) is 6.17. The maximum Gasteiger partial charge on any atom is 0.303 e. The fraction of sp³-hybridized carbons (Fsp3) is 0.905. The van der Waals surface area contributed by atoms with E-state index in [0.717, 1.165) is 0 Å². The molecule has 2 saturated carbocycles. The molecule has 1 aliphatic heterocycles. The Morgan fingerprint density at radius 1 is 1.25 bits per heavy atom. The summed E-state index contributed by atoms with van der Waals surface area (Å²) in [4.78, 5) is 25.2. The Bertz CT molecular complexity index is 676. The Balaban J connectivity index is 2.23. The first-order chi connectivity index (χ1) is 12.7. The van der Waals surface area contributed by atoms with E-state index in [1.165, 1.54) is 6.92 Å². The van der Waals surface area contributed by atoms with Gasteiger partial charge in [0.2, 0.25) is 0 Å². The first-order valence-corrected chi connectivity index (χ1v) is 10.2. The number of rotatable bonds is 2.